The molecule has 3 heterocycles. The molecule has 0 bridgehead atoms. The second kappa shape index (κ2) is 7.58. The van der Waals surface area contributed by atoms with Crippen LogP contribution >= 0.6 is 0 Å². The normalized spacial score (nSPS) is 15.4. The maximum Gasteiger partial charge on any atom is 0.272 e. The van der Waals surface area contributed by atoms with Crippen LogP contribution in [-0.2, 0) is 14.8 Å². The van der Waals surface area contributed by atoms with Crippen molar-refractivity contribution in [3.05, 3.63) is 60.7 Å². The van der Waals surface area contributed by atoms with Crippen molar-refractivity contribution in [2.45, 2.75) is 4.90 Å². The molecule has 1 amide bonds. The first-order chi connectivity index (χ1) is 13.5. The van der Waals surface area contributed by atoms with Gasteiger partial charge in [-0.05, 0) is 30.3 Å². The molecule has 2 aromatic heterocycles. The van der Waals surface area contributed by atoms with E-state index in [-0.39, 0.29) is 10.6 Å². The van der Waals surface area contributed by atoms with E-state index in [2.05, 4.69) is 15.4 Å². The highest BCUT2D eigenvalue weighted by Crippen LogP contribution is 2.19. The van der Waals surface area contributed by atoms with Crippen LogP contribution in [0.4, 0.5) is 5.69 Å². The molecule has 2 N–H and O–H groups in total. The van der Waals surface area contributed by atoms with Crippen LogP contribution < -0.4 is 5.32 Å². The molecule has 1 saturated heterocycles. The molecule has 1 aliphatic rings. The Morgan fingerprint density at radius 1 is 1.18 bits per heavy atom. The van der Waals surface area contributed by atoms with Gasteiger partial charge in [0, 0.05) is 37.4 Å². The third-order valence-corrected chi connectivity index (χ3v) is 6.26. The summed E-state index contributed by atoms with van der Waals surface area (Å²) in [5.74, 6) is -0.430. The first-order valence-corrected chi connectivity index (χ1v) is 10.2. The van der Waals surface area contributed by atoms with Crippen molar-refractivity contribution in [3.63, 3.8) is 0 Å². The molecule has 1 aromatic carbocycles. The van der Waals surface area contributed by atoms with Crippen LogP contribution in [0.1, 0.15) is 10.5 Å². The lowest BCUT2D eigenvalue weighted by molar-refractivity contribution is 0.0730. The number of carbonyl (C=O) groups excluding carboxylic acids is 1. The standard InChI is InChI=1S/C18H19N5O4S/c24-18(21-14-3-1-4-15(11-14)23-6-2-5-20-23)17-12-16(13-19-17)28(25,26)22-7-9-27-10-8-22/h1-6,11-13,19H,7-10H2,(H,21,24). The van der Waals surface area contributed by atoms with E-state index in [1.807, 2.05) is 6.07 Å². The summed E-state index contributed by atoms with van der Waals surface area (Å²) in [6.45, 7) is 1.33. The van der Waals surface area contributed by atoms with Gasteiger partial charge in [-0.1, -0.05) is 6.07 Å². The van der Waals surface area contributed by atoms with Crippen LogP contribution in [0, 0.1) is 0 Å². The van der Waals surface area contributed by atoms with Gasteiger partial charge in [-0.15, -0.1) is 0 Å². The molecule has 0 radical (unpaired) electrons. The summed E-state index contributed by atoms with van der Waals surface area (Å²) in [7, 11) is -3.65. The lowest BCUT2D eigenvalue weighted by Crippen LogP contribution is -2.40. The molecule has 1 aliphatic heterocycles. The lowest BCUT2D eigenvalue weighted by atomic mass is 10.2. The number of benzene rings is 1. The zero-order valence-corrected chi connectivity index (χ0v) is 15.7. The molecule has 0 aliphatic carbocycles. The van der Waals surface area contributed by atoms with E-state index < -0.39 is 15.9 Å². The van der Waals surface area contributed by atoms with E-state index >= 15 is 0 Å². The predicted octanol–water partition coefficient (Wildman–Crippen LogP) is 1.47. The van der Waals surface area contributed by atoms with Crippen LogP contribution in [0.5, 0.6) is 0 Å². The Balaban J connectivity index is 1.50. The van der Waals surface area contributed by atoms with Gasteiger partial charge >= 0.3 is 0 Å². The van der Waals surface area contributed by atoms with Crippen molar-refractivity contribution in [3.8, 4) is 5.69 Å². The van der Waals surface area contributed by atoms with Gasteiger partial charge in [0.25, 0.3) is 5.91 Å². The molecular weight excluding hydrogens is 382 g/mol. The average molecular weight is 401 g/mol. The molecule has 1 fully saturated rings. The maximum absolute atomic E-state index is 12.7. The van der Waals surface area contributed by atoms with Gasteiger partial charge in [0.1, 0.15) is 10.6 Å². The topological polar surface area (TPSA) is 109 Å². The molecule has 0 saturated carbocycles. The smallest absolute Gasteiger partial charge is 0.272 e. The molecule has 0 unspecified atom stereocenters. The molecule has 4 rings (SSSR count). The second-order valence-corrected chi connectivity index (χ2v) is 8.16. The number of hydrogen-bond donors (Lipinski definition) is 2. The van der Waals surface area contributed by atoms with Gasteiger partial charge in [0.2, 0.25) is 10.0 Å². The van der Waals surface area contributed by atoms with Crippen LogP contribution in [0.2, 0.25) is 0 Å². The Morgan fingerprint density at radius 3 is 2.75 bits per heavy atom. The molecule has 10 heteroatoms. The highest BCUT2D eigenvalue weighted by atomic mass is 32.2. The minimum absolute atomic E-state index is 0.0600. The molecule has 146 valence electrons. The summed E-state index contributed by atoms with van der Waals surface area (Å²) in [5, 5.41) is 6.92. The van der Waals surface area contributed by atoms with Crippen molar-refractivity contribution >= 4 is 21.6 Å². The van der Waals surface area contributed by atoms with Crippen molar-refractivity contribution in [1.29, 1.82) is 0 Å². The number of carbonyl (C=O) groups is 1. The highest BCUT2D eigenvalue weighted by molar-refractivity contribution is 7.89. The summed E-state index contributed by atoms with van der Waals surface area (Å²) in [6, 6.07) is 10.3. The second-order valence-electron chi connectivity index (χ2n) is 6.22. The fourth-order valence-corrected chi connectivity index (χ4v) is 4.34. The monoisotopic (exact) mass is 401 g/mol. The summed E-state index contributed by atoms with van der Waals surface area (Å²) in [5.41, 5.74) is 1.53. The van der Waals surface area contributed by atoms with Crippen LogP contribution in [-0.4, -0.2) is 59.7 Å². The fraction of sp³-hybridized carbons (Fsp3) is 0.222. The van der Waals surface area contributed by atoms with E-state index in [4.69, 9.17) is 4.74 Å². The summed E-state index contributed by atoms with van der Waals surface area (Å²) >= 11 is 0. The van der Waals surface area contributed by atoms with E-state index in [0.717, 1.165) is 5.69 Å². The van der Waals surface area contributed by atoms with Gasteiger partial charge < -0.3 is 15.0 Å². The summed E-state index contributed by atoms with van der Waals surface area (Å²) < 4.78 is 33.6. The fourth-order valence-electron chi connectivity index (χ4n) is 2.94. The number of ether oxygens (including phenoxy) is 1. The van der Waals surface area contributed by atoms with Crippen LogP contribution in [0.3, 0.4) is 0 Å². The summed E-state index contributed by atoms with van der Waals surface area (Å²) in [6.07, 6.45) is 4.80. The van der Waals surface area contributed by atoms with Crippen molar-refractivity contribution in [1.82, 2.24) is 19.1 Å². The van der Waals surface area contributed by atoms with Crippen LogP contribution in [0.25, 0.3) is 5.69 Å². The highest BCUT2D eigenvalue weighted by Gasteiger charge is 2.28. The van der Waals surface area contributed by atoms with Crippen molar-refractivity contribution in [2.75, 3.05) is 31.6 Å². The first-order valence-electron chi connectivity index (χ1n) is 8.72. The first kappa shape index (κ1) is 18.4. The number of anilines is 1. The van der Waals surface area contributed by atoms with E-state index in [1.54, 1.807) is 41.3 Å². The van der Waals surface area contributed by atoms with E-state index in [0.29, 0.717) is 32.0 Å². The Labute approximate surface area is 162 Å². The number of aromatic amines is 1. The number of morpholine rings is 1. The van der Waals surface area contributed by atoms with Gasteiger partial charge in [0.05, 0.1) is 18.9 Å². The molecule has 9 nitrogen and oxygen atoms in total. The number of rotatable bonds is 5. The van der Waals surface area contributed by atoms with Gasteiger partial charge in [-0.2, -0.15) is 9.40 Å². The Morgan fingerprint density at radius 2 is 2.00 bits per heavy atom. The number of nitrogens with zero attached hydrogens (tertiary/aromatic N) is 3. The van der Waals surface area contributed by atoms with E-state index in [1.165, 1.54) is 16.6 Å². The third-order valence-electron chi connectivity index (χ3n) is 4.38. The number of sulfonamides is 1. The molecule has 28 heavy (non-hydrogen) atoms. The average Bonchev–Trinajstić information content (AvgIpc) is 3.41. The number of amides is 1. The summed E-state index contributed by atoms with van der Waals surface area (Å²) in [4.78, 5) is 15.3. The molecule has 3 aromatic rings. The number of hydrogen-bond acceptors (Lipinski definition) is 5. The quantitative estimate of drug-likeness (QED) is 0.673. The number of aromatic nitrogens is 3. The molecular formula is C18H19N5O4S. The largest absolute Gasteiger partial charge is 0.379 e. The Bertz CT molecular complexity index is 1070. The van der Waals surface area contributed by atoms with Crippen LogP contribution in [0.15, 0.2) is 59.9 Å². The maximum atomic E-state index is 12.7. The lowest BCUT2D eigenvalue weighted by Gasteiger charge is -2.25. The SMILES string of the molecule is O=C(Nc1cccc(-n2cccn2)c1)c1cc(S(=O)(=O)N2CCOCC2)c[nH]1. The van der Waals surface area contributed by atoms with Gasteiger partial charge in [0.15, 0.2) is 0 Å². The van der Waals surface area contributed by atoms with Crippen molar-refractivity contribution in [2.24, 2.45) is 0 Å². The third kappa shape index (κ3) is 3.70. The predicted molar refractivity (Wildman–Crippen MR) is 102 cm³/mol. The zero-order chi connectivity index (χ0) is 19.6. The number of nitrogens with one attached hydrogen (secondary N) is 2. The zero-order valence-electron chi connectivity index (χ0n) is 14.9. The van der Waals surface area contributed by atoms with Crippen molar-refractivity contribution < 1.29 is 17.9 Å². The molecule has 0 spiro atoms. The Hall–Kier alpha value is -2.95. The van der Waals surface area contributed by atoms with Gasteiger partial charge in [-0.25, -0.2) is 13.1 Å². The molecule has 0 atom stereocenters. The van der Waals surface area contributed by atoms with E-state index in [9.17, 15) is 13.2 Å². The number of H-pyrrole nitrogens is 1. The minimum Gasteiger partial charge on any atom is -0.379 e. The minimum atomic E-state index is -3.65. The Kier molecular flexibility index (Phi) is 4.99. The van der Waals surface area contributed by atoms with Gasteiger partial charge in [-0.3, -0.25) is 4.79 Å².